The number of rotatable bonds is 6. The Balaban J connectivity index is 1.85. The molecule has 3 aromatic rings. The third kappa shape index (κ3) is 3.68. The van der Waals surface area contributed by atoms with E-state index in [1.807, 2.05) is 12.1 Å². The third-order valence-electron chi connectivity index (χ3n) is 4.26. The number of benzene rings is 3. The van der Waals surface area contributed by atoms with Crippen molar-refractivity contribution in [3.8, 4) is 23.0 Å². The second kappa shape index (κ2) is 8.30. The lowest BCUT2D eigenvalue weighted by atomic mass is 10.1. The number of nitrogens with zero attached hydrogens (tertiary/aromatic N) is 1. The monoisotopic (exact) mass is 380 g/mol. The molecule has 3 rings (SSSR count). The summed E-state index contributed by atoms with van der Waals surface area (Å²) in [6.45, 7) is 0. The Labute approximate surface area is 162 Å². The van der Waals surface area contributed by atoms with Crippen LogP contribution in [0.2, 0.25) is 0 Å². The zero-order chi connectivity index (χ0) is 20.1. The minimum Gasteiger partial charge on any atom is -0.506 e. The van der Waals surface area contributed by atoms with Crippen LogP contribution in [0.5, 0.6) is 23.0 Å². The molecule has 3 aromatic carbocycles. The second-order valence-corrected chi connectivity index (χ2v) is 5.83. The van der Waals surface area contributed by atoms with Crippen molar-refractivity contribution >= 4 is 22.9 Å². The summed E-state index contributed by atoms with van der Waals surface area (Å²) in [4.78, 5) is 12.4. The number of nitrogens with one attached hydrogen (secondary N) is 1. The minimum absolute atomic E-state index is 0.0922. The molecule has 144 valence electrons. The summed E-state index contributed by atoms with van der Waals surface area (Å²) in [5.41, 5.74) is 3.08. The molecule has 0 heterocycles. The maximum Gasteiger partial charge on any atom is 0.275 e. The average molecular weight is 380 g/mol. The molecule has 7 nitrogen and oxygen atoms in total. The summed E-state index contributed by atoms with van der Waals surface area (Å²) >= 11 is 0. The zero-order valence-electron chi connectivity index (χ0n) is 15.7. The van der Waals surface area contributed by atoms with E-state index in [0.717, 1.165) is 5.39 Å². The number of hydrogen-bond acceptors (Lipinski definition) is 6. The number of ether oxygens (including phenoxy) is 3. The average Bonchev–Trinajstić information content (AvgIpc) is 2.73. The van der Waals surface area contributed by atoms with Gasteiger partial charge in [-0.25, -0.2) is 5.43 Å². The fourth-order valence-electron chi connectivity index (χ4n) is 2.81. The summed E-state index contributed by atoms with van der Waals surface area (Å²) in [7, 11) is 4.56. The molecule has 1 amide bonds. The van der Waals surface area contributed by atoms with Gasteiger partial charge in [0.2, 0.25) is 0 Å². The van der Waals surface area contributed by atoms with Crippen LogP contribution >= 0.6 is 0 Å². The van der Waals surface area contributed by atoms with Crippen LogP contribution < -0.4 is 19.6 Å². The summed E-state index contributed by atoms with van der Waals surface area (Å²) in [5, 5.41) is 15.8. The van der Waals surface area contributed by atoms with Crippen LogP contribution in [0.25, 0.3) is 10.8 Å². The first-order chi connectivity index (χ1) is 13.6. The van der Waals surface area contributed by atoms with Gasteiger partial charge in [0.05, 0.1) is 38.7 Å². The van der Waals surface area contributed by atoms with Gasteiger partial charge in [0.25, 0.3) is 5.91 Å². The highest BCUT2D eigenvalue weighted by molar-refractivity contribution is 6.03. The number of methoxy groups -OCH3 is 3. The summed E-state index contributed by atoms with van der Waals surface area (Å²) in [5.74, 6) is 0.887. The van der Waals surface area contributed by atoms with Crippen molar-refractivity contribution in [2.45, 2.75) is 0 Å². The van der Waals surface area contributed by atoms with E-state index in [1.165, 1.54) is 27.5 Å². The van der Waals surface area contributed by atoms with Crippen molar-refractivity contribution in [3.05, 3.63) is 59.7 Å². The van der Waals surface area contributed by atoms with Gasteiger partial charge in [-0.2, -0.15) is 5.10 Å². The first-order valence-corrected chi connectivity index (χ1v) is 8.43. The van der Waals surface area contributed by atoms with Crippen molar-refractivity contribution in [1.82, 2.24) is 5.43 Å². The smallest absolute Gasteiger partial charge is 0.275 e. The van der Waals surface area contributed by atoms with Crippen LogP contribution in [0.1, 0.15) is 15.9 Å². The van der Waals surface area contributed by atoms with E-state index >= 15 is 0 Å². The van der Waals surface area contributed by atoms with E-state index in [0.29, 0.717) is 28.2 Å². The molecule has 0 radical (unpaired) electrons. The lowest BCUT2D eigenvalue weighted by molar-refractivity contribution is 0.0952. The second-order valence-electron chi connectivity index (χ2n) is 5.83. The van der Waals surface area contributed by atoms with E-state index in [4.69, 9.17) is 14.2 Å². The van der Waals surface area contributed by atoms with Gasteiger partial charge >= 0.3 is 0 Å². The van der Waals surface area contributed by atoms with Gasteiger partial charge in [0, 0.05) is 17.5 Å². The number of phenolic OH excluding ortho intramolecular Hbond substituents is 1. The van der Waals surface area contributed by atoms with Crippen molar-refractivity contribution in [2.75, 3.05) is 21.3 Å². The van der Waals surface area contributed by atoms with Crippen molar-refractivity contribution < 1.29 is 24.1 Å². The Morgan fingerprint density at radius 1 is 1.00 bits per heavy atom. The molecule has 0 saturated heterocycles. The molecule has 0 aliphatic carbocycles. The molecule has 0 aromatic heterocycles. The lowest BCUT2D eigenvalue weighted by Crippen LogP contribution is -2.18. The van der Waals surface area contributed by atoms with Gasteiger partial charge in [-0.05, 0) is 11.5 Å². The largest absolute Gasteiger partial charge is 0.506 e. The molecule has 0 spiro atoms. The predicted octanol–water partition coefficient (Wildman–Crippen LogP) is 3.34. The molecule has 28 heavy (non-hydrogen) atoms. The number of carbonyl (C=O) groups excluding carboxylic acids is 1. The van der Waals surface area contributed by atoms with Crippen molar-refractivity contribution in [1.29, 1.82) is 0 Å². The normalized spacial score (nSPS) is 10.8. The topological polar surface area (TPSA) is 89.4 Å². The molecule has 0 aliphatic heterocycles. The minimum atomic E-state index is -0.536. The van der Waals surface area contributed by atoms with E-state index in [2.05, 4.69) is 10.5 Å². The van der Waals surface area contributed by atoms with Gasteiger partial charge < -0.3 is 19.3 Å². The van der Waals surface area contributed by atoms with Crippen LogP contribution in [0.4, 0.5) is 0 Å². The summed E-state index contributed by atoms with van der Waals surface area (Å²) in [6, 6.07) is 13.9. The lowest BCUT2D eigenvalue weighted by Gasteiger charge is -2.12. The number of phenols is 1. The van der Waals surface area contributed by atoms with E-state index < -0.39 is 5.91 Å². The molecule has 7 heteroatoms. The van der Waals surface area contributed by atoms with Crippen LogP contribution in [-0.4, -0.2) is 38.6 Å². The molecule has 0 aliphatic rings. The Bertz CT molecular complexity index is 1020. The molecule has 0 unspecified atom stereocenters. The van der Waals surface area contributed by atoms with Crippen molar-refractivity contribution in [2.24, 2.45) is 5.10 Å². The van der Waals surface area contributed by atoms with Crippen LogP contribution in [-0.2, 0) is 0 Å². The molecule has 0 atom stereocenters. The van der Waals surface area contributed by atoms with Crippen molar-refractivity contribution in [3.63, 3.8) is 0 Å². The van der Waals surface area contributed by atoms with E-state index in [-0.39, 0.29) is 11.3 Å². The van der Waals surface area contributed by atoms with Crippen LogP contribution in [0, 0.1) is 0 Å². The Hall–Kier alpha value is -3.74. The fourth-order valence-corrected chi connectivity index (χ4v) is 2.81. The molecular weight excluding hydrogens is 360 g/mol. The Morgan fingerprint density at radius 2 is 1.68 bits per heavy atom. The first kappa shape index (κ1) is 19.0. The molecule has 0 saturated carbocycles. The van der Waals surface area contributed by atoms with Crippen LogP contribution in [0.15, 0.2) is 53.6 Å². The number of hydrazone groups is 1. The maximum atomic E-state index is 12.4. The predicted molar refractivity (Wildman–Crippen MR) is 107 cm³/mol. The standard InChI is InChI=1S/C21H20N2O5/c1-26-14-10-18(27-2)17(19(11-14)28-3)12-22-23-21(25)16-9-8-13-6-4-5-7-15(13)20(16)24/h4-12,24H,1-3H3,(H,23,25)/b22-12+. The quantitative estimate of drug-likeness (QED) is 0.506. The van der Waals surface area contributed by atoms with Gasteiger partial charge in [0.15, 0.2) is 0 Å². The van der Waals surface area contributed by atoms with Gasteiger partial charge in [-0.15, -0.1) is 0 Å². The van der Waals surface area contributed by atoms with E-state index in [1.54, 1.807) is 36.4 Å². The number of amides is 1. The number of carbonyl (C=O) groups is 1. The highest BCUT2D eigenvalue weighted by Crippen LogP contribution is 2.32. The highest BCUT2D eigenvalue weighted by Gasteiger charge is 2.14. The molecular formula is C21H20N2O5. The number of aromatic hydroxyl groups is 1. The van der Waals surface area contributed by atoms with Crippen LogP contribution in [0.3, 0.4) is 0 Å². The van der Waals surface area contributed by atoms with Gasteiger partial charge in [-0.1, -0.05) is 30.3 Å². The molecule has 0 fully saturated rings. The highest BCUT2D eigenvalue weighted by atomic mass is 16.5. The maximum absolute atomic E-state index is 12.4. The molecule has 2 N–H and O–H groups in total. The van der Waals surface area contributed by atoms with Gasteiger partial charge in [0.1, 0.15) is 23.0 Å². The molecule has 0 bridgehead atoms. The van der Waals surface area contributed by atoms with E-state index in [9.17, 15) is 9.90 Å². The third-order valence-corrected chi connectivity index (χ3v) is 4.26. The summed E-state index contributed by atoms with van der Waals surface area (Å²) in [6.07, 6.45) is 1.41. The number of fused-ring (bicyclic) bond motifs is 1. The zero-order valence-corrected chi connectivity index (χ0v) is 15.7. The fraction of sp³-hybridized carbons (Fsp3) is 0.143. The summed E-state index contributed by atoms with van der Waals surface area (Å²) < 4.78 is 15.9. The van der Waals surface area contributed by atoms with Gasteiger partial charge in [-0.3, -0.25) is 4.79 Å². The SMILES string of the molecule is COc1cc(OC)c(/C=N/NC(=O)c2ccc3ccccc3c2O)c(OC)c1. The Kier molecular flexibility index (Phi) is 5.64. The Morgan fingerprint density at radius 3 is 2.32 bits per heavy atom. The first-order valence-electron chi connectivity index (χ1n) is 8.43. The number of hydrogen-bond donors (Lipinski definition) is 2.